The molecule has 0 spiro atoms. The summed E-state index contributed by atoms with van der Waals surface area (Å²) in [7, 11) is 0. The molecule has 0 unspecified atom stereocenters. The van der Waals surface area contributed by atoms with Crippen LogP contribution >= 0.6 is 0 Å². The smallest absolute Gasteiger partial charge is 0.127 e. The molecule has 2 aliphatic rings. The van der Waals surface area contributed by atoms with Gasteiger partial charge in [0.05, 0.1) is 17.1 Å². The molecule has 228 valence electrons. The summed E-state index contributed by atoms with van der Waals surface area (Å²) in [4.78, 5) is 11.6. The Morgan fingerprint density at radius 3 is 2.48 bits per heavy atom. The number of hydrogen-bond acceptors (Lipinski definition) is 3. The maximum absolute atomic E-state index is 15.7. The van der Waals surface area contributed by atoms with Gasteiger partial charge in [-0.2, -0.15) is 0 Å². The maximum atomic E-state index is 15.7. The van der Waals surface area contributed by atoms with Crippen LogP contribution in [0.25, 0.3) is 11.3 Å². The van der Waals surface area contributed by atoms with Crippen LogP contribution in [-0.4, -0.2) is 25.5 Å². The van der Waals surface area contributed by atoms with Gasteiger partial charge >= 0.3 is 0 Å². The zero-order valence-electron chi connectivity index (χ0n) is 26.3. The average Bonchev–Trinajstić information content (AvgIpc) is 3.22. The highest BCUT2D eigenvalue weighted by Crippen LogP contribution is 2.36. The first-order valence-electron chi connectivity index (χ1n) is 15.7. The minimum atomic E-state index is -0.219. The summed E-state index contributed by atoms with van der Waals surface area (Å²) in [6.07, 6.45) is 12.3. The van der Waals surface area contributed by atoms with Crippen LogP contribution in [0.4, 0.5) is 20.2 Å². The third-order valence-electron chi connectivity index (χ3n) is 8.88. The van der Waals surface area contributed by atoms with E-state index in [1.165, 1.54) is 19.3 Å². The summed E-state index contributed by atoms with van der Waals surface area (Å²) in [5.41, 5.74) is 9.66. The maximum Gasteiger partial charge on any atom is 0.127 e. The van der Waals surface area contributed by atoms with Crippen LogP contribution in [0.3, 0.4) is 0 Å². The molecule has 0 saturated heterocycles. The van der Waals surface area contributed by atoms with Gasteiger partial charge in [0.1, 0.15) is 11.6 Å². The molecule has 1 saturated carbocycles. The van der Waals surface area contributed by atoms with Gasteiger partial charge in [-0.05, 0) is 130 Å². The molecule has 1 fully saturated rings. The standard InChI is InChI=1S/C39H43F2N3/c1-26(2)31-16-18-38(42-5)39(23-31)44(25-29-9-8-10-29)20-19-32-22-28(4)34(24-36(32)41)37-12-7-6-11-33(43-37)17-15-30-14-13-27(3)21-35(30)40/h6,11-14,16,18,21-24,29H,1,5,7-10,15,17,19-20,25H2,2-4H3. The van der Waals surface area contributed by atoms with Crippen molar-refractivity contribution in [1.82, 2.24) is 0 Å². The Hall–Kier alpha value is -4.12. The van der Waals surface area contributed by atoms with E-state index < -0.39 is 0 Å². The second-order valence-corrected chi connectivity index (χ2v) is 12.3. The zero-order chi connectivity index (χ0) is 31.2. The summed E-state index contributed by atoms with van der Waals surface area (Å²) in [6.45, 7) is 15.5. The van der Waals surface area contributed by atoms with Gasteiger partial charge in [-0.1, -0.05) is 55.0 Å². The third kappa shape index (κ3) is 7.50. The number of allylic oxidation sites excluding steroid dienone is 4. The van der Waals surface area contributed by atoms with Crippen LogP contribution in [0.2, 0.25) is 0 Å². The Morgan fingerprint density at radius 1 is 0.977 bits per heavy atom. The fourth-order valence-corrected chi connectivity index (χ4v) is 5.99. The lowest BCUT2D eigenvalue weighted by Gasteiger charge is -2.34. The van der Waals surface area contributed by atoms with E-state index in [1.54, 1.807) is 12.1 Å². The fraction of sp³-hybridized carbons (Fsp3) is 0.333. The van der Waals surface area contributed by atoms with Gasteiger partial charge in [0.25, 0.3) is 0 Å². The highest BCUT2D eigenvalue weighted by Gasteiger charge is 2.23. The Kier molecular flexibility index (Phi) is 10.0. The average molecular weight is 592 g/mol. The van der Waals surface area contributed by atoms with Crippen LogP contribution in [0.5, 0.6) is 0 Å². The van der Waals surface area contributed by atoms with Crippen molar-refractivity contribution in [3.8, 4) is 0 Å². The largest absolute Gasteiger partial charge is 0.369 e. The molecular weight excluding hydrogens is 548 g/mol. The van der Waals surface area contributed by atoms with Gasteiger partial charge in [0.2, 0.25) is 0 Å². The molecule has 1 aliphatic carbocycles. The number of rotatable bonds is 12. The molecule has 3 aromatic rings. The molecule has 3 nitrogen and oxygen atoms in total. The van der Waals surface area contributed by atoms with E-state index in [0.717, 1.165) is 57.2 Å². The van der Waals surface area contributed by atoms with Crippen molar-refractivity contribution in [2.24, 2.45) is 15.9 Å². The summed E-state index contributed by atoms with van der Waals surface area (Å²) in [6, 6.07) is 15.1. The van der Waals surface area contributed by atoms with Crippen LogP contribution in [0.1, 0.15) is 72.4 Å². The molecule has 44 heavy (non-hydrogen) atoms. The Labute approximate surface area is 261 Å². The normalized spacial score (nSPS) is 14.8. The van der Waals surface area contributed by atoms with Crippen molar-refractivity contribution in [3.05, 3.63) is 118 Å². The predicted molar refractivity (Wildman–Crippen MR) is 183 cm³/mol. The van der Waals surface area contributed by atoms with Gasteiger partial charge in [-0.3, -0.25) is 9.98 Å². The van der Waals surface area contributed by atoms with E-state index in [2.05, 4.69) is 35.3 Å². The van der Waals surface area contributed by atoms with Gasteiger partial charge in [0, 0.05) is 24.4 Å². The number of halogens is 2. The Morgan fingerprint density at radius 2 is 1.77 bits per heavy atom. The summed E-state index contributed by atoms with van der Waals surface area (Å²) >= 11 is 0. The van der Waals surface area contributed by atoms with Crippen molar-refractivity contribution in [2.45, 2.75) is 65.7 Å². The molecule has 0 atom stereocenters. The van der Waals surface area contributed by atoms with Gasteiger partial charge in [0.15, 0.2) is 0 Å². The summed E-state index contributed by atoms with van der Waals surface area (Å²) < 4.78 is 30.2. The van der Waals surface area contributed by atoms with E-state index in [0.29, 0.717) is 49.3 Å². The lowest BCUT2D eigenvalue weighted by molar-refractivity contribution is 0.317. The molecule has 3 aromatic carbocycles. The molecule has 1 aliphatic heterocycles. The van der Waals surface area contributed by atoms with Crippen LogP contribution in [0.15, 0.2) is 83.3 Å². The molecule has 1 heterocycles. The fourth-order valence-electron chi connectivity index (χ4n) is 5.99. The summed E-state index contributed by atoms with van der Waals surface area (Å²) in [5.74, 6) is 0.239. The number of hydrogen-bond donors (Lipinski definition) is 0. The van der Waals surface area contributed by atoms with Crippen molar-refractivity contribution < 1.29 is 8.78 Å². The van der Waals surface area contributed by atoms with Crippen molar-refractivity contribution >= 4 is 35.1 Å². The third-order valence-corrected chi connectivity index (χ3v) is 8.88. The minimum Gasteiger partial charge on any atom is -0.369 e. The topological polar surface area (TPSA) is 28.0 Å². The van der Waals surface area contributed by atoms with Gasteiger partial charge in [-0.25, -0.2) is 8.78 Å². The first-order valence-corrected chi connectivity index (χ1v) is 15.7. The highest BCUT2D eigenvalue weighted by atomic mass is 19.1. The molecule has 0 radical (unpaired) electrons. The zero-order valence-corrected chi connectivity index (χ0v) is 26.3. The number of nitrogens with zero attached hydrogens (tertiary/aromatic N) is 3. The molecule has 0 N–H and O–H groups in total. The van der Waals surface area contributed by atoms with Crippen LogP contribution in [0, 0.1) is 31.4 Å². The molecular formula is C39H43F2N3. The van der Waals surface area contributed by atoms with Gasteiger partial charge < -0.3 is 4.90 Å². The first-order chi connectivity index (χ1) is 21.2. The van der Waals surface area contributed by atoms with E-state index in [9.17, 15) is 4.39 Å². The molecule has 0 aromatic heterocycles. The van der Waals surface area contributed by atoms with Crippen LogP contribution < -0.4 is 4.90 Å². The monoisotopic (exact) mass is 591 g/mol. The Bertz CT molecular complexity index is 1640. The second kappa shape index (κ2) is 14.1. The highest BCUT2D eigenvalue weighted by molar-refractivity contribution is 5.99. The molecule has 5 rings (SSSR count). The molecule has 5 heteroatoms. The predicted octanol–water partition coefficient (Wildman–Crippen LogP) is 10.2. The minimum absolute atomic E-state index is 0.181. The Balaban J connectivity index is 1.34. The van der Waals surface area contributed by atoms with E-state index in [4.69, 9.17) is 4.99 Å². The SMILES string of the molecule is C=Nc1ccc(C(=C)C)cc1N(CCc1cc(C)c(C2=CCC=CC(CCc3ccc(C)cc3F)=N2)cc1F)CC1CCC1. The first kappa shape index (κ1) is 31.3. The summed E-state index contributed by atoms with van der Waals surface area (Å²) in [5, 5.41) is 0. The van der Waals surface area contributed by atoms with Crippen LogP contribution in [-0.2, 0) is 12.8 Å². The number of benzene rings is 3. The van der Waals surface area contributed by atoms with Crippen molar-refractivity contribution in [2.75, 3.05) is 18.0 Å². The van der Waals surface area contributed by atoms with Crippen molar-refractivity contribution in [3.63, 3.8) is 0 Å². The lowest BCUT2D eigenvalue weighted by Crippen LogP contribution is -2.34. The number of aliphatic imine (C=N–C) groups is 2. The lowest BCUT2D eigenvalue weighted by atomic mass is 9.85. The molecule has 0 amide bonds. The molecule has 0 bridgehead atoms. The quantitative estimate of drug-likeness (QED) is 0.193. The van der Waals surface area contributed by atoms with E-state index in [-0.39, 0.29) is 11.6 Å². The van der Waals surface area contributed by atoms with Gasteiger partial charge in [-0.15, -0.1) is 0 Å². The van der Waals surface area contributed by atoms with E-state index >= 15 is 4.39 Å². The number of aryl methyl sites for hydroxylation is 3. The van der Waals surface area contributed by atoms with E-state index in [1.807, 2.05) is 63.3 Å². The van der Waals surface area contributed by atoms with Crippen molar-refractivity contribution in [1.29, 1.82) is 0 Å². The number of anilines is 1. The second-order valence-electron chi connectivity index (χ2n) is 12.3.